The van der Waals surface area contributed by atoms with Crippen molar-refractivity contribution in [3.05, 3.63) is 77.7 Å². The number of nitrogens with zero attached hydrogens (tertiary/aromatic N) is 5. The summed E-state index contributed by atoms with van der Waals surface area (Å²) in [4.78, 5) is 35.9. The molecule has 2 aliphatic heterocycles. The molecule has 1 N–H and O–H groups in total. The van der Waals surface area contributed by atoms with E-state index in [1.54, 1.807) is 4.68 Å². The largest absolute Gasteiger partial charge is 0.444 e. The van der Waals surface area contributed by atoms with Crippen molar-refractivity contribution in [1.82, 2.24) is 25.0 Å². The Bertz CT molecular complexity index is 1750. The number of amides is 2. The topological polar surface area (TPSA) is 92.6 Å². The van der Waals surface area contributed by atoms with Gasteiger partial charge in [-0.1, -0.05) is 12.1 Å². The predicted molar refractivity (Wildman–Crippen MR) is 171 cm³/mol. The Morgan fingerprint density at radius 1 is 1.02 bits per heavy atom. The van der Waals surface area contributed by atoms with Crippen LogP contribution in [-0.4, -0.2) is 62.4 Å². The lowest BCUT2D eigenvalue weighted by atomic mass is 9.94. The Hall–Kier alpha value is -4.40. The van der Waals surface area contributed by atoms with E-state index >= 15 is 0 Å². The van der Waals surface area contributed by atoms with Crippen molar-refractivity contribution < 1.29 is 14.3 Å². The maximum Gasteiger partial charge on any atom is 0.410 e. The molecule has 4 aromatic rings. The third kappa shape index (κ3) is 5.18. The molecule has 2 aromatic carbocycles. The molecule has 44 heavy (non-hydrogen) atoms. The summed E-state index contributed by atoms with van der Waals surface area (Å²) >= 11 is 0. The molecule has 4 heterocycles. The lowest BCUT2D eigenvalue weighted by Crippen LogP contribution is -2.56. The molecule has 2 aromatic heterocycles. The van der Waals surface area contributed by atoms with E-state index in [4.69, 9.17) is 4.74 Å². The highest BCUT2D eigenvalue weighted by Crippen LogP contribution is 2.49. The number of pyridine rings is 1. The molecule has 1 aliphatic carbocycles. The van der Waals surface area contributed by atoms with Crippen molar-refractivity contribution >= 4 is 28.6 Å². The van der Waals surface area contributed by atoms with Crippen LogP contribution in [0, 0.1) is 6.92 Å². The third-order valence-electron chi connectivity index (χ3n) is 9.29. The van der Waals surface area contributed by atoms with E-state index in [9.17, 15) is 9.59 Å². The van der Waals surface area contributed by atoms with Gasteiger partial charge in [0.2, 0.25) is 0 Å². The van der Waals surface area contributed by atoms with Crippen LogP contribution < -0.4 is 10.2 Å². The second-order valence-electron chi connectivity index (χ2n) is 13.7. The molecule has 3 fully saturated rings. The summed E-state index contributed by atoms with van der Waals surface area (Å²) in [7, 11) is 1.91. The molecule has 2 amide bonds. The summed E-state index contributed by atoms with van der Waals surface area (Å²) in [5, 5.41) is 8.86. The van der Waals surface area contributed by atoms with Crippen LogP contribution in [0.5, 0.6) is 0 Å². The molecule has 1 saturated carbocycles. The van der Waals surface area contributed by atoms with Crippen molar-refractivity contribution in [2.75, 3.05) is 18.0 Å². The molecule has 0 radical (unpaired) electrons. The molecular weight excluding hydrogens is 552 g/mol. The van der Waals surface area contributed by atoms with Gasteiger partial charge in [0, 0.05) is 54.7 Å². The maximum absolute atomic E-state index is 14.0. The van der Waals surface area contributed by atoms with Crippen molar-refractivity contribution in [2.45, 2.75) is 76.6 Å². The van der Waals surface area contributed by atoms with E-state index in [-0.39, 0.29) is 24.1 Å². The number of piperazine rings is 1. The number of aromatic nitrogens is 3. The number of aryl methyl sites for hydroxylation is 2. The van der Waals surface area contributed by atoms with Gasteiger partial charge in [0.15, 0.2) is 0 Å². The zero-order valence-corrected chi connectivity index (χ0v) is 26.1. The van der Waals surface area contributed by atoms with E-state index in [1.807, 2.05) is 76.4 Å². The van der Waals surface area contributed by atoms with E-state index in [1.165, 1.54) is 0 Å². The molecule has 2 atom stereocenters. The molecule has 9 nitrogen and oxygen atoms in total. The highest BCUT2D eigenvalue weighted by molar-refractivity contribution is 5.98. The fourth-order valence-corrected chi connectivity index (χ4v) is 6.96. The van der Waals surface area contributed by atoms with Gasteiger partial charge in [0.05, 0.1) is 29.3 Å². The van der Waals surface area contributed by atoms with Crippen LogP contribution in [0.15, 0.2) is 61.1 Å². The van der Waals surface area contributed by atoms with Gasteiger partial charge in [0.1, 0.15) is 5.60 Å². The van der Waals surface area contributed by atoms with Gasteiger partial charge >= 0.3 is 6.09 Å². The predicted octanol–water partition coefficient (Wildman–Crippen LogP) is 5.95. The minimum absolute atomic E-state index is 0.0685. The Labute approximate surface area is 258 Å². The van der Waals surface area contributed by atoms with Gasteiger partial charge in [0.25, 0.3) is 5.91 Å². The van der Waals surface area contributed by atoms with Crippen molar-refractivity contribution in [2.24, 2.45) is 7.05 Å². The molecule has 3 aliphatic rings. The SMILES string of the molecule is Cc1ccc(N2CC3CCC(C2)N3C(=O)OC(C)(C)C)cc1C(=O)NC1(c2cc(-c3cnn(C)c3)cc3ncccc23)CC1. The smallest absolute Gasteiger partial charge is 0.410 e. The zero-order chi connectivity index (χ0) is 30.8. The number of fused-ring (bicyclic) bond motifs is 3. The molecule has 2 unspecified atom stereocenters. The zero-order valence-electron chi connectivity index (χ0n) is 26.1. The fourth-order valence-electron chi connectivity index (χ4n) is 6.96. The first kappa shape index (κ1) is 28.4. The first-order valence-electron chi connectivity index (χ1n) is 15.6. The number of carbonyl (C=O) groups excluding carboxylic acids is 2. The van der Waals surface area contributed by atoms with Crippen LogP contribution in [-0.2, 0) is 17.3 Å². The van der Waals surface area contributed by atoms with Gasteiger partial charge in [-0.3, -0.25) is 19.4 Å². The highest BCUT2D eigenvalue weighted by Gasteiger charge is 2.48. The Balaban J connectivity index is 1.14. The van der Waals surface area contributed by atoms with Crippen LogP contribution in [0.1, 0.15) is 67.9 Å². The summed E-state index contributed by atoms with van der Waals surface area (Å²) in [6.07, 6.45) is 9.11. The minimum atomic E-state index is -0.519. The molecule has 0 spiro atoms. The monoisotopic (exact) mass is 592 g/mol. The Morgan fingerprint density at radius 3 is 2.43 bits per heavy atom. The lowest BCUT2D eigenvalue weighted by molar-refractivity contribution is 0.0123. The molecule has 9 heteroatoms. The first-order chi connectivity index (χ1) is 21.0. The highest BCUT2D eigenvalue weighted by atomic mass is 16.6. The number of hydrogen-bond acceptors (Lipinski definition) is 6. The summed E-state index contributed by atoms with van der Waals surface area (Å²) in [6.45, 7) is 9.16. The molecule has 2 bridgehead atoms. The van der Waals surface area contributed by atoms with Crippen LogP contribution in [0.4, 0.5) is 10.5 Å². The molecule has 7 rings (SSSR count). The minimum Gasteiger partial charge on any atom is -0.444 e. The average Bonchev–Trinajstić information content (AvgIpc) is 3.53. The van der Waals surface area contributed by atoms with Crippen LogP contribution >= 0.6 is 0 Å². The van der Waals surface area contributed by atoms with Gasteiger partial charge in [-0.15, -0.1) is 0 Å². The van der Waals surface area contributed by atoms with E-state index in [2.05, 4.69) is 44.6 Å². The number of hydrogen-bond donors (Lipinski definition) is 1. The standard InChI is InChI=1S/C35H40N6O3/c1-22-8-9-25(40-20-26-10-11-27(21-40)41(26)33(43)44-34(2,3)4)17-29(22)32(42)38-35(12-13-35)30-15-23(24-18-37-39(5)19-24)16-31-28(30)7-6-14-36-31/h6-9,14-19,26-27H,10-13,20-21H2,1-5H3,(H,38,42). The summed E-state index contributed by atoms with van der Waals surface area (Å²) in [6, 6.07) is 14.7. The van der Waals surface area contributed by atoms with Crippen LogP contribution in [0.25, 0.3) is 22.0 Å². The van der Waals surface area contributed by atoms with Gasteiger partial charge < -0.3 is 15.0 Å². The van der Waals surface area contributed by atoms with Gasteiger partial charge in [-0.05, 0) is 100 Å². The maximum atomic E-state index is 14.0. The summed E-state index contributed by atoms with van der Waals surface area (Å²) < 4.78 is 7.52. The summed E-state index contributed by atoms with van der Waals surface area (Å²) in [5.41, 5.74) is 5.73. The second kappa shape index (κ2) is 10.4. The van der Waals surface area contributed by atoms with E-state index in [0.29, 0.717) is 5.56 Å². The van der Waals surface area contributed by atoms with Crippen molar-refractivity contribution in [3.8, 4) is 11.1 Å². The Kier molecular flexibility index (Phi) is 6.68. The number of benzene rings is 2. The number of rotatable bonds is 5. The Morgan fingerprint density at radius 2 is 1.77 bits per heavy atom. The van der Waals surface area contributed by atoms with Crippen molar-refractivity contribution in [3.63, 3.8) is 0 Å². The molecular formula is C35H40N6O3. The summed E-state index contributed by atoms with van der Waals surface area (Å²) in [5.74, 6) is -0.0685. The van der Waals surface area contributed by atoms with Crippen LogP contribution in [0.3, 0.4) is 0 Å². The first-order valence-corrected chi connectivity index (χ1v) is 15.6. The van der Waals surface area contributed by atoms with E-state index < -0.39 is 11.1 Å². The fraction of sp³-hybridized carbons (Fsp3) is 0.429. The van der Waals surface area contributed by atoms with E-state index in [0.717, 1.165) is 77.6 Å². The third-order valence-corrected chi connectivity index (χ3v) is 9.29. The number of nitrogens with one attached hydrogen (secondary N) is 1. The van der Waals surface area contributed by atoms with Crippen molar-refractivity contribution in [1.29, 1.82) is 0 Å². The normalized spacial score (nSPS) is 20.6. The van der Waals surface area contributed by atoms with Gasteiger partial charge in [-0.2, -0.15) is 5.10 Å². The lowest BCUT2D eigenvalue weighted by Gasteiger charge is -2.42. The second-order valence-corrected chi connectivity index (χ2v) is 13.7. The molecule has 228 valence electrons. The average molecular weight is 593 g/mol. The van der Waals surface area contributed by atoms with Gasteiger partial charge in [-0.25, -0.2) is 4.79 Å². The number of ether oxygens (including phenoxy) is 1. The van der Waals surface area contributed by atoms with Crippen LogP contribution in [0.2, 0.25) is 0 Å². The number of anilines is 1. The quantitative estimate of drug-likeness (QED) is 0.308. The molecule has 2 saturated heterocycles. The number of carbonyl (C=O) groups is 2.